The Morgan fingerprint density at radius 1 is 0.944 bits per heavy atom. The van der Waals surface area contributed by atoms with E-state index in [-0.39, 0.29) is 13.2 Å². The molecular formula is C12H14O6. The van der Waals surface area contributed by atoms with Crippen LogP contribution in [0.3, 0.4) is 0 Å². The van der Waals surface area contributed by atoms with Gasteiger partial charge < -0.3 is 18.9 Å². The van der Waals surface area contributed by atoms with Crippen LogP contribution >= 0.6 is 0 Å². The summed E-state index contributed by atoms with van der Waals surface area (Å²) in [6.45, 7) is 0.192. The van der Waals surface area contributed by atoms with Gasteiger partial charge in [-0.2, -0.15) is 0 Å². The fourth-order valence-electron chi connectivity index (χ4n) is 1.21. The highest BCUT2D eigenvalue weighted by atomic mass is 16.7. The van der Waals surface area contributed by atoms with E-state index in [4.69, 9.17) is 9.47 Å². The van der Waals surface area contributed by atoms with Crippen LogP contribution in [0.1, 0.15) is 11.1 Å². The second kappa shape index (κ2) is 7.16. The zero-order chi connectivity index (χ0) is 13.4. The number of carbonyl (C=O) groups excluding carboxylic acids is 2. The van der Waals surface area contributed by atoms with Gasteiger partial charge in [0.05, 0.1) is 14.2 Å². The lowest BCUT2D eigenvalue weighted by atomic mass is 10.1. The number of ether oxygens (including phenoxy) is 4. The van der Waals surface area contributed by atoms with Gasteiger partial charge in [0, 0.05) is 0 Å². The zero-order valence-corrected chi connectivity index (χ0v) is 10.2. The van der Waals surface area contributed by atoms with Crippen LogP contribution < -0.4 is 0 Å². The van der Waals surface area contributed by atoms with Gasteiger partial charge in [-0.1, -0.05) is 18.2 Å². The molecule has 18 heavy (non-hydrogen) atoms. The summed E-state index contributed by atoms with van der Waals surface area (Å²) in [6.07, 6.45) is -1.49. The first-order valence-electron chi connectivity index (χ1n) is 5.15. The molecule has 0 N–H and O–H groups in total. The molecule has 1 rings (SSSR count). The van der Waals surface area contributed by atoms with E-state index in [1.54, 1.807) is 24.3 Å². The summed E-state index contributed by atoms with van der Waals surface area (Å²) in [6, 6.07) is 7.09. The molecule has 0 unspecified atom stereocenters. The van der Waals surface area contributed by atoms with E-state index in [9.17, 15) is 9.59 Å². The summed E-state index contributed by atoms with van der Waals surface area (Å²) in [5.74, 6) is 0. The number of benzene rings is 1. The van der Waals surface area contributed by atoms with Crippen molar-refractivity contribution in [2.45, 2.75) is 13.2 Å². The van der Waals surface area contributed by atoms with Crippen LogP contribution in [0.15, 0.2) is 24.3 Å². The fraction of sp³-hybridized carbons (Fsp3) is 0.333. The maximum absolute atomic E-state index is 10.8. The molecule has 0 aliphatic carbocycles. The summed E-state index contributed by atoms with van der Waals surface area (Å²) < 4.78 is 18.3. The van der Waals surface area contributed by atoms with Gasteiger partial charge in [-0.15, -0.1) is 0 Å². The van der Waals surface area contributed by atoms with Crippen molar-refractivity contribution in [3.63, 3.8) is 0 Å². The second-order valence-electron chi connectivity index (χ2n) is 3.31. The molecule has 1 aromatic carbocycles. The van der Waals surface area contributed by atoms with E-state index >= 15 is 0 Å². The Bertz CT molecular complexity index is 380. The van der Waals surface area contributed by atoms with Gasteiger partial charge in [0.2, 0.25) is 0 Å². The largest absolute Gasteiger partial charge is 0.508 e. The van der Waals surface area contributed by atoms with Gasteiger partial charge in [0.25, 0.3) is 0 Å². The van der Waals surface area contributed by atoms with E-state index in [0.717, 1.165) is 11.1 Å². The lowest BCUT2D eigenvalue weighted by Crippen LogP contribution is -2.06. The van der Waals surface area contributed by atoms with Crippen molar-refractivity contribution in [3.05, 3.63) is 35.4 Å². The highest BCUT2D eigenvalue weighted by Gasteiger charge is 2.04. The summed E-state index contributed by atoms with van der Waals surface area (Å²) in [5.41, 5.74) is 1.54. The van der Waals surface area contributed by atoms with Crippen LogP contribution in [0.5, 0.6) is 0 Å². The van der Waals surface area contributed by atoms with Crippen LogP contribution in [0, 0.1) is 0 Å². The van der Waals surface area contributed by atoms with Crippen molar-refractivity contribution in [2.24, 2.45) is 0 Å². The van der Waals surface area contributed by atoms with E-state index in [0.29, 0.717) is 0 Å². The Hall–Kier alpha value is -2.24. The number of methoxy groups -OCH3 is 2. The van der Waals surface area contributed by atoms with Gasteiger partial charge in [-0.3, -0.25) is 0 Å². The highest BCUT2D eigenvalue weighted by molar-refractivity contribution is 5.60. The molecule has 0 aliphatic rings. The van der Waals surface area contributed by atoms with Gasteiger partial charge in [0.15, 0.2) is 0 Å². The molecule has 98 valence electrons. The molecule has 0 aromatic heterocycles. The predicted molar refractivity (Wildman–Crippen MR) is 60.8 cm³/mol. The summed E-state index contributed by atoms with van der Waals surface area (Å²) in [7, 11) is 2.48. The first kappa shape index (κ1) is 13.8. The number of hydrogen-bond donors (Lipinski definition) is 0. The van der Waals surface area contributed by atoms with Gasteiger partial charge >= 0.3 is 12.3 Å². The van der Waals surface area contributed by atoms with Crippen LogP contribution in [0.25, 0.3) is 0 Å². The predicted octanol–water partition coefficient (Wildman–Crippen LogP) is 2.25. The van der Waals surface area contributed by atoms with Crippen molar-refractivity contribution in [2.75, 3.05) is 14.2 Å². The Kier molecular flexibility index (Phi) is 5.50. The number of rotatable bonds is 4. The van der Waals surface area contributed by atoms with Gasteiger partial charge in [-0.05, 0) is 17.2 Å². The first-order chi connectivity index (χ1) is 8.65. The lowest BCUT2D eigenvalue weighted by molar-refractivity contribution is 0.0662. The molecule has 0 saturated heterocycles. The van der Waals surface area contributed by atoms with Crippen molar-refractivity contribution < 1.29 is 28.5 Å². The molecule has 0 amide bonds. The molecule has 0 aliphatic heterocycles. The van der Waals surface area contributed by atoms with Crippen LogP contribution in [0.2, 0.25) is 0 Å². The van der Waals surface area contributed by atoms with Crippen LogP contribution in [-0.4, -0.2) is 26.5 Å². The third kappa shape index (κ3) is 4.73. The van der Waals surface area contributed by atoms with Crippen LogP contribution in [0.4, 0.5) is 9.59 Å². The maximum atomic E-state index is 10.8. The standard InChI is InChI=1S/C12H14O6/c1-15-11(13)17-7-9-4-3-5-10(6-9)8-18-12(14)16-2/h3-6H,7-8H2,1-2H3. The minimum Gasteiger partial charge on any atom is -0.438 e. The molecule has 6 heteroatoms. The molecule has 0 heterocycles. The molecule has 0 saturated carbocycles. The Morgan fingerprint density at radius 2 is 1.39 bits per heavy atom. The van der Waals surface area contributed by atoms with Gasteiger partial charge in [-0.25, -0.2) is 9.59 Å². The quantitative estimate of drug-likeness (QED) is 0.767. The fourth-order valence-corrected chi connectivity index (χ4v) is 1.21. The number of carbonyl (C=O) groups is 2. The van der Waals surface area contributed by atoms with Crippen molar-refractivity contribution in [1.82, 2.24) is 0 Å². The minimum atomic E-state index is -0.744. The van der Waals surface area contributed by atoms with E-state index in [1.165, 1.54) is 14.2 Å². The third-order valence-corrected chi connectivity index (χ3v) is 2.04. The van der Waals surface area contributed by atoms with E-state index < -0.39 is 12.3 Å². The van der Waals surface area contributed by atoms with E-state index in [2.05, 4.69) is 9.47 Å². The van der Waals surface area contributed by atoms with Crippen molar-refractivity contribution >= 4 is 12.3 Å². The van der Waals surface area contributed by atoms with Crippen molar-refractivity contribution in [1.29, 1.82) is 0 Å². The molecule has 6 nitrogen and oxygen atoms in total. The molecule has 0 fully saturated rings. The summed E-state index contributed by atoms with van der Waals surface area (Å²) >= 11 is 0. The Labute approximate surface area is 104 Å². The smallest absolute Gasteiger partial charge is 0.438 e. The van der Waals surface area contributed by atoms with Crippen LogP contribution in [-0.2, 0) is 32.2 Å². The summed E-state index contributed by atoms with van der Waals surface area (Å²) in [5, 5.41) is 0. The number of hydrogen-bond acceptors (Lipinski definition) is 6. The van der Waals surface area contributed by atoms with Gasteiger partial charge in [0.1, 0.15) is 13.2 Å². The average molecular weight is 254 g/mol. The Morgan fingerprint density at radius 3 is 1.78 bits per heavy atom. The molecule has 0 spiro atoms. The highest BCUT2D eigenvalue weighted by Crippen LogP contribution is 2.08. The SMILES string of the molecule is COC(=O)OCc1cccc(COC(=O)OC)c1. The first-order valence-corrected chi connectivity index (χ1v) is 5.15. The minimum absolute atomic E-state index is 0.0960. The molecule has 0 bridgehead atoms. The maximum Gasteiger partial charge on any atom is 0.508 e. The molecule has 1 aromatic rings. The van der Waals surface area contributed by atoms with E-state index in [1.807, 2.05) is 0 Å². The van der Waals surface area contributed by atoms with Crippen molar-refractivity contribution in [3.8, 4) is 0 Å². The topological polar surface area (TPSA) is 71.1 Å². The zero-order valence-electron chi connectivity index (χ0n) is 10.2. The lowest BCUT2D eigenvalue weighted by Gasteiger charge is -2.06. The molecular weight excluding hydrogens is 240 g/mol. The molecule has 0 radical (unpaired) electrons. The average Bonchev–Trinajstić information content (AvgIpc) is 2.42. The normalized spacial score (nSPS) is 9.44. The summed E-state index contributed by atoms with van der Waals surface area (Å²) in [4.78, 5) is 21.6. The molecule has 0 atom stereocenters. The monoisotopic (exact) mass is 254 g/mol. The Balaban J connectivity index is 2.51. The third-order valence-electron chi connectivity index (χ3n) is 2.04. The second-order valence-corrected chi connectivity index (χ2v) is 3.31.